The van der Waals surface area contributed by atoms with Crippen LogP contribution in [0.15, 0.2) is 4.99 Å². The van der Waals surface area contributed by atoms with Crippen LogP contribution in [0.2, 0.25) is 0 Å². The summed E-state index contributed by atoms with van der Waals surface area (Å²) in [5.74, 6) is 1.30. The van der Waals surface area contributed by atoms with Crippen molar-refractivity contribution in [1.82, 2.24) is 4.90 Å². The molecule has 0 aliphatic carbocycles. The Balaban J connectivity index is 0.00000324. The fourth-order valence-electron chi connectivity index (χ4n) is 2.01. The molecule has 112 valence electrons. The average molecular weight is 383 g/mol. The van der Waals surface area contributed by atoms with E-state index in [9.17, 15) is 4.79 Å². The summed E-state index contributed by atoms with van der Waals surface area (Å²) in [6, 6.07) is 0. The second kappa shape index (κ2) is 10.3. The largest absolute Gasteiger partial charge is 0.469 e. The van der Waals surface area contributed by atoms with Gasteiger partial charge in [0.15, 0.2) is 5.96 Å². The first-order valence-electron chi connectivity index (χ1n) is 6.75. The lowest BCUT2D eigenvalue weighted by atomic mass is 10.00. The molecule has 0 atom stereocenters. The number of esters is 1. The van der Waals surface area contributed by atoms with Crippen molar-refractivity contribution in [2.24, 2.45) is 16.6 Å². The zero-order valence-corrected chi connectivity index (χ0v) is 14.3. The lowest BCUT2D eigenvalue weighted by Gasteiger charge is -2.31. The molecule has 0 radical (unpaired) electrons. The number of ether oxygens (including phenoxy) is 1. The molecule has 1 heterocycles. The van der Waals surface area contributed by atoms with Crippen LogP contribution in [0.4, 0.5) is 0 Å². The standard InChI is InChI=1S/C13H25N3O2.HI/c1-11-6-9-16(10-7-11)13(14)15-8-4-3-5-12(17)18-2;/h11H,3-10H2,1-2H3,(H2,14,15);1H. The number of nitrogens with two attached hydrogens (primary N) is 1. The molecule has 2 N–H and O–H groups in total. The molecule has 0 spiro atoms. The van der Waals surface area contributed by atoms with Crippen molar-refractivity contribution < 1.29 is 9.53 Å². The number of hydrogen-bond acceptors (Lipinski definition) is 3. The molecule has 1 rings (SSSR count). The van der Waals surface area contributed by atoms with Gasteiger partial charge in [-0.15, -0.1) is 24.0 Å². The molecule has 1 aliphatic rings. The summed E-state index contributed by atoms with van der Waals surface area (Å²) in [4.78, 5) is 17.4. The number of likely N-dealkylation sites (tertiary alicyclic amines) is 1. The van der Waals surface area contributed by atoms with E-state index in [0.29, 0.717) is 18.9 Å². The molecular formula is C13H26IN3O2. The quantitative estimate of drug-likeness (QED) is 0.259. The van der Waals surface area contributed by atoms with Crippen molar-refractivity contribution in [2.45, 2.75) is 39.0 Å². The second-order valence-corrected chi connectivity index (χ2v) is 4.94. The first-order valence-corrected chi connectivity index (χ1v) is 6.75. The third-order valence-electron chi connectivity index (χ3n) is 3.40. The minimum atomic E-state index is -0.156. The van der Waals surface area contributed by atoms with Gasteiger partial charge in [-0.25, -0.2) is 0 Å². The van der Waals surface area contributed by atoms with E-state index >= 15 is 0 Å². The summed E-state index contributed by atoms with van der Waals surface area (Å²) < 4.78 is 4.58. The molecule has 19 heavy (non-hydrogen) atoms. The molecule has 5 nitrogen and oxygen atoms in total. The van der Waals surface area contributed by atoms with Gasteiger partial charge in [-0.05, 0) is 31.6 Å². The highest BCUT2D eigenvalue weighted by Crippen LogP contribution is 2.15. The third-order valence-corrected chi connectivity index (χ3v) is 3.40. The number of nitrogens with zero attached hydrogens (tertiary/aromatic N) is 2. The van der Waals surface area contributed by atoms with Crippen molar-refractivity contribution in [3.05, 3.63) is 0 Å². The van der Waals surface area contributed by atoms with Crippen molar-refractivity contribution in [2.75, 3.05) is 26.7 Å². The van der Waals surface area contributed by atoms with E-state index in [1.165, 1.54) is 20.0 Å². The van der Waals surface area contributed by atoms with Crippen LogP contribution < -0.4 is 5.73 Å². The number of piperidine rings is 1. The van der Waals surface area contributed by atoms with Crippen molar-refractivity contribution in [3.63, 3.8) is 0 Å². The second-order valence-electron chi connectivity index (χ2n) is 4.94. The first-order chi connectivity index (χ1) is 8.63. The third kappa shape index (κ3) is 7.59. The van der Waals surface area contributed by atoms with E-state index in [1.54, 1.807) is 0 Å². The zero-order valence-electron chi connectivity index (χ0n) is 11.9. The number of carbonyl (C=O) groups excluding carboxylic acids is 1. The minimum absolute atomic E-state index is 0. The highest BCUT2D eigenvalue weighted by atomic mass is 127. The predicted molar refractivity (Wildman–Crippen MR) is 87.7 cm³/mol. The summed E-state index contributed by atoms with van der Waals surface area (Å²) in [6.45, 7) is 4.99. The monoisotopic (exact) mass is 383 g/mol. The Hall–Kier alpha value is -0.530. The lowest BCUT2D eigenvalue weighted by molar-refractivity contribution is -0.140. The molecule has 1 aliphatic heterocycles. The highest BCUT2D eigenvalue weighted by molar-refractivity contribution is 14.0. The SMILES string of the molecule is COC(=O)CCCCN=C(N)N1CCC(C)CC1.I. The van der Waals surface area contributed by atoms with Gasteiger partial charge in [0.1, 0.15) is 0 Å². The average Bonchev–Trinajstić information content (AvgIpc) is 2.38. The molecule has 0 amide bonds. The van der Waals surface area contributed by atoms with Crippen LogP contribution >= 0.6 is 24.0 Å². The Morgan fingerprint density at radius 2 is 2.00 bits per heavy atom. The topological polar surface area (TPSA) is 67.9 Å². The number of guanidine groups is 1. The maximum atomic E-state index is 10.9. The first kappa shape index (κ1) is 18.5. The smallest absolute Gasteiger partial charge is 0.305 e. The summed E-state index contributed by atoms with van der Waals surface area (Å²) in [6.07, 6.45) is 4.53. The summed E-state index contributed by atoms with van der Waals surface area (Å²) >= 11 is 0. The summed E-state index contributed by atoms with van der Waals surface area (Å²) in [5.41, 5.74) is 5.95. The molecule has 6 heteroatoms. The Morgan fingerprint density at radius 1 is 1.37 bits per heavy atom. The highest BCUT2D eigenvalue weighted by Gasteiger charge is 2.16. The Labute approximate surface area is 133 Å². The van der Waals surface area contributed by atoms with Gasteiger partial charge in [-0.3, -0.25) is 9.79 Å². The zero-order chi connectivity index (χ0) is 13.4. The van der Waals surface area contributed by atoms with Crippen molar-refractivity contribution in [1.29, 1.82) is 0 Å². The van der Waals surface area contributed by atoms with Crippen molar-refractivity contribution in [3.8, 4) is 0 Å². The van der Waals surface area contributed by atoms with E-state index in [4.69, 9.17) is 5.73 Å². The molecular weight excluding hydrogens is 357 g/mol. The molecule has 0 unspecified atom stereocenters. The molecule has 0 aromatic rings. The lowest BCUT2D eigenvalue weighted by Crippen LogP contribution is -2.42. The maximum Gasteiger partial charge on any atom is 0.305 e. The Kier molecular flexibility index (Phi) is 9.99. The fraction of sp³-hybridized carbons (Fsp3) is 0.846. The normalized spacial score (nSPS) is 16.9. The van der Waals surface area contributed by atoms with Crippen LogP contribution in [0.3, 0.4) is 0 Å². The Morgan fingerprint density at radius 3 is 2.58 bits per heavy atom. The molecule has 0 bridgehead atoms. The predicted octanol–water partition coefficient (Wildman–Crippen LogP) is 1.99. The maximum absolute atomic E-state index is 10.9. The fourth-order valence-corrected chi connectivity index (χ4v) is 2.01. The van der Waals surface area contributed by atoms with E-state index in [2.05, 4.69) is 21.6 Å². The van der Waals surface area contributed by atoms with Gasteiger partial charge in [0.2, 0.25) is 0 Å². The number of rotatable bonds is 5. The van der Waals surface area contributed by atoms with Gasteiger partial charge >= 0.3 is 5.97 Å². The number of aliphatic imine (C=N–C) groups is 1. The van der Waals surface area contributed by atoms with Gasteiger partial charge in [0.25, 0.3) is 0 Å². The van der Waals surface area contributed by atoms with E-state index in [-0.39, 0.29) is 29.9 Å². The molecule has 0 aromatic heterocycles. The number of carbonyl (C=O) groups is 1. The van der Waals surface area contributed by atoms with Crippen LogP contribution in [-0.2, 0) is 9.53 Å². The molecule has 1 saturated heterocycles. The van der Waals surface area contributed by atoms with E-state index in [1.807, 2.05) is 0 Å². The number of halogens is 1. The molecule has 1 fully saturated rings. The van der Waals surface area contributed by atoms with Gasteiger partial charge in [-0.1, -0.05) is 6.92 Å². The summed E-state index contributed by atoms with van der Waals surface area (Å²) in [5, 5.41) is 0. The van der Waals surface area contributed by atoms with Gasteiger partial charge < -0.3 is 15.4 Å². The van der Waals surface area contributed by atoms with Crippen LogP contribution in [0.1, 0.15) is 39.0 Å². The summed E-state index contributed by atoms with van der Waals surface area (Å²) in [7, 11) is 1.41. The van der Waals surface area contributed by atoms with E-state index < -0.39 is 0 Å². The Bertz CT molecular complexity index is 290. The van der Waals surface area contributed by atoms with Gasteiger partial charge in [0.05, 0.1) is 7.11 Å². The van der Waals surface area contributed by atoms with Crippen LogP contribution in [0.5, 0.6) is 0 Å². The van der Waals surface area contributed by atoms with Gasteiger partial charge in [0, 0.05) is 26.1 Å². The minimum Gasteiger partial charge on any atom is -0.469 e. The van der Waals surface area contributed by atoms with Crippen LogP contribution in [-0.4, -0.2) is 43.6 Å². The van der Waals surface area contributed by atoms with E-state index in [0.717, 1.165) is 31.8 Å². The molecule has 0 aromatic carbocycles. The number of hydrogen-bond donors (Lipinski definition) is 1. The van der Waals surface area contributed by atoms with Crippen LogP contribution in [0.25, 0.3) is 0 Å². The number of unbranched alkanes of at least 4 members (excludes halogenated alkanes) is 1. The number of methoxy groups -OCH3 is 1. The van der Waals surface area contributed by atoms with Gasteiger partial charge in [-0.2, -0.15) is 0 Å². The van der Waals surface area contributed by atoms with Crippen LogP contribution in [0, 0.1) is 5.92 Å². The molecule has 0 saturated carbocycles. The van der Waals surface area contributed by atoms with Crippen molar-refractivity contribution >= 4 is 35.9 Å².